The molecule has 5 heteroatoms. The Morgan fingerprint density at radius 3 is 2.73 bits per heavy atom. The third-order valence-electron chi connectivity index (χ3n) is 4.20. The van der Waals surface area contributed by atoms with Crippen molar-refractivity contribution in [3.05, 3.63) is 54.1 Å². The van der Waals surface area contributed by atoms with Crippen LogP contribution in [-0.2, 0) is 4.79 Å². The van der Waals surface area contributed by atoms with Crippen LogP contribution in [0.2, 0.25) is 0 Å². The molecule has 0 aliphatic carbocycles. The first-order chi connectivity index (χ1) is 12.5. The second kappa shape index (κ2) is 8.04. The molecule has 0 saturated carbocycles. The number of amides is 2. The van der Waals surface area contributed by atoms with Crippen molar-refractivity contribution >= 4 is 23.2 Å². The number of anilines is 2. The van der Waals surface area contributed by atoms with Gasteiger partial charge in [-0.3, -0.25) is 9.59 Å². The summed E-state index contributed by atoms with van der Waals surface area (Å²) in [7, 11) is 0. The first kappa shape index (κ1) is 18.0. The lowest BCUT2D eigenvalue weighted by Crippen LogP contribution is -2.25. The zero-order valence-corrected chi connectivity index (χ0v) is 15.2. The standard InChI is InChI=1S/C21H24N2O3/c1-15(2)14-26-17-8-5-7-16(13-17)21(25)22-18-9-3-4-10-19(18)23-12-6-11-20(23)24/h3-5,7-10,13,15H,6,11-12,14H2,1-2H3,(H,22,25). The Hall–Kier alpha value is -2.82. The van der Waals surface area contributed by atoms with E-state index in [0.29, 0.717) is 42.5 Å². The maximum atomic E-state index is 12.7. The van der Waals surface area contributed by atoms with E-state index >= 15 is 0 Å². The maximum absolute atomic E-state index is 12.7. The van der Waals surface area contributed by atoms with Gasteiger partial charge in [-0.05, 0) is 42.7 Å². The Bertz CT molecular complexity index is 801. The van der Waals surface area contributed by atoms with Gasteiger partial charge in [0.1, 0.15) is 5.75 Å². The smallest absolute Gasteiger partial charge is 0.255 e. The predicted octanol–water partition coefficient (Wildman–Crippen LogP) is 4.10. The highest BCUT2D eigenvalue weighted by Crippen LogP contribution is 2.29. The number of benzene rings is 2. The first-order valence-corrected chi connectivity index (χ1v) is 8.98. The van der Waals surface area contributed by atoms with Gasteiger partial charge in [-0.15, -0.1) is 0 Å². The summed E-state index contributed by atoms with van der Waals surface area (Å²) in [6.07, 6.45) is 1.40. The summed E-state index contributed by atoms with van der Waals surface area (Å²) in [6, 6.07) is 14.5. The highest BCUT2D eigenvalue weighted by atomic mass is 16.5. The fourth-order valence-electron chi connectivity index (χ4n) is 2.90. The van der Waals surface area contributed by atoms with E-state index in [1.165, 1.54) is 0 Å². The molecule has 136 valence electrons. The van der Waals surface area contributed by atoms with Crippen LogP contribution in [-0.4, -0.2) is 25.0 Å². The molecule has 1 saturated heterocycles. The summed E-state index contributed by atoms with van der Waals surface area (Å²) in [4.78, 5) is 26.5. The molecule has 3 rings (SSSR count). The van der Waals surface area contributed by atoms with Gasteiger partial charge in [0.15, 0.2) is 0 Å². The van der Waals surface area contributed by atoms with Crippen LogP contribution in [0.15, 0.2) is 48.5 Å². The minimum absolute atomic E-state index is 0.0933. The minimum atomic E-state index is -0.223. The SMILES string of the molecule is CC(C)COc1cccc(C(=O)Nc2ccccc2N2CCCC2=O)c1. The van der Waals surface area contributed by atoms with Gasteiger partial charge in [-0.2, -0.15) is 0 Å². The minimum Gasteiger partial charge on any atom is -0.493 e. The number of carbonyl (C=O) groups excluding carboxylic acids is 2. The maximum Gasteiger partial charge on any atom is 0.255 e. The van der Waals surface area contributed by atoms with Gasteiger partial charge < -0.3 is 15.0 Å². The van der Waals surface area contributed by atoms with Gasteiger partial charge in [-0.25, -0.2) is 0 Å². The quantitative estimate of drug-likeness (QED) is 0.851. The lowest BCUT2D eigenvalue weighted by Gasteiger charge is -2.20. The number of nitrogens with one attached hydrogen (secondary N) is 1. The van der Waals surface area contributed by atoms with Crippen LogP contribution < -0.4 is 15.0 Å². The number of nitrogens with zero attached hydrogens (tertiary/aromatic N) is 1. The molecule has 0 aromatic heterocycles. The van der Waals surface area contributed by atoms with Crippen molar-refractivity contribution in [2.75, 3.05) is 23.4 Å². The molecule has 1 N–H and O–H groups in total. The van der Waals surface area contributed by atoms with Crippen molar-refractivity contribution in [1.29, 1.82) is 0 Å². The van der Waals surface area contributed by atoms with Crippen LogP contribution in [0.25, 0.3) is 0 Å². The zero-order valence-electron chi connectivity index (χ0n) is 15.2. The molecule has 1 heterocycles. The molecule has 5 nitrogen and oxygen atoms in total. The summed E-state index contributed by atoms with van der Waals surface area (Å²) >= 11 is 0. The Labute approximate surface area is 154 Å². The van der Waals surface area contributed by atoms with E-state index in [2.05, 4.69) is 19.2 Å². The van der Waals surface area contributed by atoms with Crippen LogP contribution in [0.5, 0.6) is 5.75 Å². The molecule has 0 atom stereocenters. The fraction of sp³-hybridized carbons (Fsp3) is 0.333. The van der Waals surface area contributed by atoms with Gasteiger partial charge in [-0.1, -0.05) is 32.0 Å². The molecule has 2 aromatic rings. The van der Waals surface area contributed by atoms with Crippen LogP contribution in [0.4, 0.5) is 11.4 Å². The van der Waals surface area contributed by atoms with Crippen molar-refractivity contribution in [1.82, 2.24) is 0 Å². The molecule has 0 bridgehead atoms. The monoisotopic (exact) mass is 352 g/mol. The molecule has 2 aromatic carbocycles. The third kappa shape index (κ3) is 4.23. The van der Waals surface area contributed by atoms with E-state index in [0.717, 1.165) is 12.1 Å². The predicted molar refractivity (Wildman–Crippen MR) is 103 cm³/mol. The number of ether oxygens (including phenoxy) is 1. The van der Waals surface area contributed by atoms with Crippen molar-refractivity contribution in [3.8, 4) is 5.75 Å². The molecule has 2 amide bonds. The van der Waals surface area contributed by atoms with Crippen LogP contribution in [0.1, 0.15) is 37.0 Å². The molecule has 0 radical (unpaired) electrons. The Morgan fingerprint density at radius 1 is 1.19 bits per heavy atom. The van der Waals surface area contributed by atoms with Crippen LogP contribution >= 0.6 is 0 Å². The molecule has 26 heavy (non-hydrogen) atoms. The van der Waals surface area contributed by atoms with Crippen molar-refractivity contribution in [2.45, 2.75) is 26.7 Å². The summed E-state index contributed by atoms with van der Waals surface area (Å²) in [6.45, 7) is 5.44. The van der Waals surface area contributed by atoms with Gasteiger partial charge in [0.25, 0.3) is 5.91 Å². The summed E-state index contributed by atoms with van der Waals surface area (Å²) in [5.74, 6) is 0.960. The average molecular weight is 352 g/mol. The lowest BCUT2D eigenvalue weighted by molar-refractivity contribution is -0.117. The fourth-order valence-corrected chi connectivity index (χ4v) is 2.90. The molecule has 1 aliphatic heterocycles. The average Bonchev–Trinajstić information content (AvgIpc) is 3.06. The summed E-state index contributed by atoms with van der Waals surface area (Å²) in [5.41, 5.74) is 1.91. The van der Waals surface area contributed by atoms with E-state index < -0.39 is 0 Å². The first-order valence-electron chi connectivity index (χ1n) is 8.98. The van der Waals surface area contributed by atoms with Crippen molar-refractivity contribution in [3.63, 3.8) is 0 Å². The van der Waals surface area contributed by atoms with Gasteiger partial charge in [0.05, 0.1) is 18.0 Å². The molecule has 1 fully saturated rings. The van der Waals surface area contributed by atoms with E-state index in [1.54, 1.807) is 23.1 Å². The van der Waals surface area contributed by atoms with Gasteiger partial charge in [0, 0.05) is 18.5 Å². The van der Waals surface area contributed by atoms with Crippen LogP contribution in [0, 0.1) is 5.92 Å². The van der Waals surface area contributed by atoms with Crippen LogP contribution in [0.3, 0.4) is 0 Å². The number of rotatable bonds is 6. The van der Waals surface area contributed by atoms with E-state index in [-0.39, 0.29) is 11.8 Å². The topological polar surface area (TPSA) is 58.6 Å². The third-order valence-corrected chi connectivity index (χ3v) is 4.20. The number of carbonyl (C=O) groups is 2. The Morgan fingerprint density at radius 2 is 2.00 bits per heavy atom. The second-order valence-corrected chi connectivity index (χ2v) is 6.85. The highest BCUT2D eigenvalue weighted by molar-refractivity contribution is 6.08. The zero-order chi connectivity index (χ0) is 18.5. The largest absolute Gasteiger partial charge is 0.493 e. The van der Waals surface area contributed by atoms with E-state index in [1.807, 2.05) is 30.3 Å². The van der Waals surface area contributed by atoms with Gasteiger partial charge >= 0.3 is 0 Å². The number of para-hydroxylation sites is 2. The lowest BCUT2D eigenvalue weighted by atomic mass is 10.1. The van der Waals surface area contributed by atoms with Gasteiger partial charge in [0.2, 0.25) is 5.91 Å². The number of hydrogen-bond donors (Lipinski definition) is 1. The molecule has 0 spiro atoms. The Balaban J connectivity index is 1.76. The molecular weight excluding hydrogens is 328 g/mol. The number of hydrogen-bond acceptors (Lipinski definition) is 3. The highest BCUT2D eigenvalue weighted by Gasteiger charge is 2.24. The normalized spacial score (nSPS) is 14.0. The van der Waals surface area contributed by atoms with Crippen molar-refractivity contribution in [2.24, 2.45) is 5.92 Å². The van der Waals surface area contributed by atoms with Crippen molar-refractivity contribution < 1.29 is 14.3 Å². The van der Waals surface area contributed by atoms with E-state index in [9.17, 15) is 9.59 Å². The van der Waals surface area contributed by atoms with E-state index in [4.69, 9.17) is 4.74 Å². The molecule has 0 unspecified atom stereocenters. The second-order valence-electron chi connectivity index (χ2n) is 6.85. The molecular formula is C21H24N2O3. The Kier molecular flexibility index (Phi) is 5.56. The summed E-state index contributed by atoms with van der Waals surface area (Å²) < 4.78 is 5.69. The molecule has 1 aliphatic rings. The summed E-state index contributed by atoms with van der Waals surface area (Å²) in [5, 5.41) is 2.93.